The molecule has 2 amide bonds. The summed E-state index contributed by atoms with van der Waals surface area (Å²) in [5.41, 5.74) is 2.53. The lowest BCUT2D eigenvalue weighted by molar-refractivity contribution is 0.0657. The summed E-state index contributed by atoms with van der Waals surface area (Å²) in [6, 6.07) is 12.5. The van der Waals surface area contributed by atoms with Crippen molar-refractivity contribution >= 4 is 28.8 Å². The van der Waals surface area contributed by atoms with Crippen molar-refractivity contribution in [3.05, 3.63) is 75.9 Å². The highest BCUT2D eigenvalue weighted by atomic mass is 32.1. The maximum atomic E-state index is 13.0. The number of carbonyl (C=O) groups is 2. The Kier molecular flexibility index (Phi) is 4.81. The Hall–Kier alpha value is -2.86. The number of carbonyl (C=O) groups excluding carboxylic acids is 2. The summed E-state index contributed by atoms with van der Waals surface area (Å²) in [5, 5.41) is 4.87. The Bertz CT molecular complexity index is 944. The molecule has 0 saturated heterocycles. The fourth-order valence-corrected chi connectivity index (χ4v) is 4.47. The molecule has 3 aromatic rings. The Labute approximate surface area is 161 Å². The number of fused-ring (bicyclic) bond motifs is 1. The molecule has 5 nitrogen and oxygen atoms in total. The van der Waals surface area contributed by atoms with E-state index in [4.69, 9.17) is 4.42 Å². The van der Waals surface area contributed by atoms with Crippen molar-refractivity contribution in [2.45, 2.75) is 25.8 Å². The highest BCUT2D eigenvalue weighted by Gasteiger charge is 2.30. The zero-order valence-electron chi connectivity index (χ0n) is 15.0. The molecule has 1 aliphatic rings. The summed E-state index contributed by atoms with van der Waals surface area (Å²) in [4.78, 5) is 28.4. The molecule has 0 fully saturated rings. The molecule has 2 aromatic heterocycles. The lowest BCUT2D eigenvalue weighted by Crippen LogP contribution is -2.39. The maximum Gasteiger partial charge on any atom is 0.291 e. The first-order valence-corrected chi connectivity index (χ1v) is 9.87. The number of thiophene rings is 1. The van der Waals surface area contributed by atoms with Crippen molar-refractivity contribution < 1.29 is 14.0 Å². The fraction of sp³-hybridized carbons (Fsp3) is 0.238. The summed E-state index contributed by atoms with van der Waals surface area (Å²) in [5.74, 6) is -0.0328. The molecule has 0 radical (unpaired) electrons. The Balaban J connectivity index is 1.49. The number of amides is 2. The largest absolute Gasteiger partial charge is 0.459 e. The number of benzene rings is 1. The second-order valence-corrected chi connectivity index (χ2v) is 7.48. The van der Waals surface area contributed by atoms with Gasteiger partial charge in [0.2, 0.25) is 0 Å². The third kappa shape index (κ3) is 3.40. The molecule has 138 valence electrons. The molecule has 4 rings (SSSR count). The van der Waals surface area contributed by atoms with Crippen LogP contribution in [0.2, 0.25) is 0 Å². The van der Waals surface area contributed by atoms with E-state index < -0.39 is 0 Å². The third-order valence-electron chi connectivity index (χ3n) is 4.88. The molecule has 0 saturated carbocycles. The van der Waals surface area contributed by atoms with Gasteiger partial charge < -0.3 is 14.6 Å². The number of rotatable bonds is 4. The number of nitrogens with zero attached hydrogens (tertiary/aromatic N) is 1. The molecular weight excluding hydrogens is 360 g/mol. The minimum atomic E-state index is -0.314. The van der Waals surface area contributed by atoms with E-state index in [-0.39, 0.29) is 23.6 Å². The number of furan rings is 1. The predicted octanol–water partition coefficient (Wildman–Crippen LogP) is 4.74. The zero-order chi connectivity index (χ0) is 18.8. The number of hydrogen-bond donors (Lipinski definition) is 1. The highest BCUT2D eigenvalue weighted by molar-refractivity contribution is 7.10. The second-order valence-electron chi connectivity index (χ2n) is 6.48. The lowest BCUT2D eigenvalue weighted by atomic mass is 9.97. The Morgan fingerprint density at radius 1 is 1.22 bits per heavy atom. The lowest BCUT2D eigenvalue weighted by Gasteiger charge is -2.35. The standard InChI is InChI=1S/C21H20N2O3S/c1-2-17-16-10-13-27-19(16)9-11-23(17)21(25)14-5-7-15(8-6-14)22-20(24)18-4-3-12-26-18/h3-8,10,12-13,17H,2,9,11H2,1H3,(H,22,24)/t17-/m0/s1. The monoisotopic (exact) mass is 380 g/mol. The minimum Gasteiger partial charge on any atom is -0.459 e. The molecule has 0 spiro atoms. The smallest absolute Gasteiger partial charge is 0.291 e. The number of nitrogens with one attached hydrogen (secondary N) is 1. The molecule has 3 heterocycles. The van der Waals surface area contributed by atoms with Gasteiger partial charge in [0.25, 0.3) is 11.8 Å². The third-order valence-corrected chi connectivity index (χ3v) is 5.87. The first-order chi connectivity index (χ1) is 13.2. The predicted molar refractivity (Wildman–Crippen MR) is 105 cm³/mol. The van der Waals surface area contributed by atoms with Crippen LogP contribution in [0.4, 0.5) is 5.69 Å². The van der Waals surface area contributed by atoms with Crippen LogP contribution in [0.25, 0.3) is 0 Å². The van der Waals surface area contributed by atoms with E-state index in [9.17, 15) is 9.59 Å². The summed E-state index contributed by atoms with van der Waals surface area (Å²) in [6.45, 7) is 2.85. The number of anilines is 1. The van der Waals surface area contributed by atoms with Gasteiger partial charge in [0.15, 0.2) is 5.76 Å². The van der Waals surface area contributed by atoms with Gasteiger partial charge in [-0.15, -0.1) is 11.3 Å². The summed E-state index contributed by atoms with van der Waals surface area (Å²) >= 11 is 1.77. The van der Waals surface area contributed by atoms with Gasteiger partial charge in [-0.25, -0.2) is 0 Å². The molecule has 27 heavy (non-hydrogen) atoms. The van der Waals surface area contributed by atoms with Crippen molar-refractivity contribution in [2.24, 2.45) is 0 Å². The van der Waals surface area contributed by atoms with E-state index >= 15 is 0 Å². The van der Waals surface area contributed by atoms with E-state index in [1.54, 1.807) is 47.7 Å². The van der Waals surface area contributed by atoms with Crippen LogP contribution in [0.1, 0.15) is 50.7 Å². The van der Waals surface area contributed by atoms with Gasteiger partial charge in [-0.3, -0.25) is 9.59 Å². The molecule has 1 N–H and O–H groups in total. The summed E-state index contributed by atoms with van der Waals surface area (Å²) in [7, 11) is 0. The average molecular weight is 380 g/mol. The van der Waals surface area contributed by atoms with Gasteiger partial charge in [0.05, 0.1) is 12.3 Å². The second kappa shape index (κ2) is 7.40. The van der Waals surface area contributed by atoms with Gasteiger partial charge in [0, 0.05) is 22.7 Å². The van der Waals surface area contributed by atoms with Crippen LogP contribution in [0.15, 0.2) is 58.5 Å². The Morgan fingerprint density at radius 3 is 2.74 bits per heavy atom. The van der Waals surface area contributed by atoms with E-state index in [2.05, 4.69) is 23.7 Å². The minimum absolute atomic E-state index is 0.0302. The summed E-state index contributed by atoms with van der Waals surface area (Å²) < 4.78 is 5.08. The van der Waals surface area contributed by atoms with E-state index in [1.165, 1.54) is 16.7 Å². The highest BCUT2D eigenvalue weighted by Crippen LogP contribution is 2.36. The van der Waals surface area contributed by atoms with Crippen molar-refractivity contribution in [2.75, 3.05) is 11.9 Å². The number of hydrogen-bond acceptors (Lipinski definition) is 4. The van der Waals surface area contributed by atoms with Crippen LogP contribution in [0, 0.1) is 0 Å². The van der Waals surface area contributed by atoms with Gasteiger partial charge in [-0.1, -0.05) is 6.92 Å². The normalized spacial score (nSPS) is 16.0. The van der Waals surface area contributed by atoms with Gasteiger partial charge in [-0.2, -0.15) is 0 Å². The Morgan fingerprint density at radius 2 is 2.04 bits per heavy atom. The van der Waals surface area contributed by atoms with Crippen LogP contribution in [-0.2, 0) is 6.42 Å². The quantitative estimate of drug-likeness (QED) is 0.711. The van der Waals surface area contributed by atoms with Crippen LogP contribution in [0.5, 0.6) is 0 Å². The summed E-state index contributed by atoms with van der Waals surface area (Å²) in [6.07, 6.45) is 3.26. The van der Waals surface area contributed by atoms with Crippen molar-refractivity contribution in [1.29, 1.82) is 0 Å². The molecule has 0 aliphatic carbocycles. The molecule has 1 aliphatic heterocycles. The van der Waals surface area contributed by atoms with E-state index in [0.717, 1.165) is 19.4 Å². The van der Waals surface area contributed by atoms with Crippen LogP contribution < -0.4 is 5.32 Å². The fourth-order valence-electron chi connectivity index (χ4n) is 3.54. The topological polar surface area (TPSA) is 62.6 Å². The van der Waals surface area contributed by atoms with Crippen LogP contribution >= 0.6 is 11.3 Å². The van der Waals surface area contributed by atoms with Crippen molar-refractivity contribution in [3.8, 4) is 0 Å². The average Bonchev–Trinajstić information content (AvgIpc) is 3.39. The molecule has 0 unspecified atom stereocenters. The van der Waals surface area contributed by atoms with Crippen molar-refractivity contribution in [3.63, 3.8) is 0 Å². The molecule has 1 aromatic carbocycles. The molecule has 6 heteroatoms. The zero-order valence-corrected chi connectivity index (χ0v) is 15.8. The first-order valence-electron chi connectivity index (χ1n) is 8.99. The molecule has 1 atom stereocenters. The van der Waals surface area contributed by atoms with Crippen molar-refractivity contribution in [1.82, 2.24) is 4.90 Å². The van der Waals surface area contributed by atoms with Crippen LogP contribution in [-0.4, -0.2) is 23.3 Å². The van der Waals surface area contributed by atoms with E-state index in [1.807, 2.05) is 4.90 Å². The maximum absolute atomic E-state index is 13.0. The molecular formula is C21H20N2O3S. The molecule has 0 bridgehead atoms. The van der Waals surface area contributed by atoms with Gasteiger partial charge >= 0.3 is 0 Å². The van der Waals surface area contributed by atoms with E-state index in [0.29, 0.717) is 11.3 Å². The SMILES string of the molecule is CC[C@H]1c2ccsc2CCN1C(=O)c1ccc(NC(=O)c2ccco2)cc1. The van der Waals surface area contributed by atoms with Gasteiger partial charge in [0.1, 0.15) is 0 Å². The van der Waals surface area contributed by atoms with Gasteiger partial charge in [-0.05, 0) is 66.2 Å². The first kappa shape index (κ1) is 17.5. The van der Waals surface area contributed by atoms with Crippen LogP contribution in [0.3, 0.4) is 0 Å².